The number of hydrogen-bond acceptors (Lipinski definition) is 3. The van der Waals surface area contributed by atoms with Crippen molar-refractivity contribution in [2.45, 2.75) is 39.3 Å². The fourth-order valence-electron chi connectivity index (χ4n) is 1.03. The van der Waals surface area contributed by atoms with Crippen molar-refractivity contribution >= 4 is 37.0 Å². The van der Waals surface area contributed by atoms with Crippen molar-refractivity contribution in [2.24, 2.45) is 0 Å². The average Bonchev–Trinajstić information content (AvgIpc) is 1.78. The SMILES string of the molecule is C[Si](C)(C)O[Si](O)(CCl)O[Si](C)(C)C. The van der Waals surface area contributed by atoms with Crippen molar-refractivity contribution in [3.05, 3.63) is 0 Å². The normalized spacial score (nSPS) is 14.6. The van der Waals surface area contributed by atoms with Gasteiger partial charge in [-0.1, -0.05) is 0 Å². The van der Waals surface area contributed by atoms with Crippen LogP contribution >= 0.6 is 11.6 Å². The molecule has 0 aromatic rings. The van der Waals surface area contributed by atoms with E-state index in [2.05, 4.69) is 0 Å². The van der Waals surface area contributed by atoms with Crippen molar-refractivity contribution in [3.63, 3.8) is 0 Å². The third-order valence-electron chi connectivity index (χ3n) is 1.10. The van der Waals surface area contributed by atoms with Gasteiger partial charge in [0.2, 0.25) is 0 Å². The van der Waals surface area contributed by atoms with Crippen molar-refractivity contribution in [1.29, 1.82) is 0 Å². The van der Waals surface area contributed by atoms with Gasteiger partial charge < -0.3 is 13.0 Å². The van der Waals surface area contributed by atoms with E-state index in [1.165, 1.54) is 0 Å². The van der Waals surface area contributed by atoms with Crippen molar-refractivity contribution < 1.29 is 13.0 Å². The molecule has 0 aromatic heterocycles. The van der Waals surface area contributed by atoms with Crippen molar-refractivity contribution in [1.82, 2.24) is 0 Å². The summed E-state index contributed by atoms with van der Waals surface area (Å²) in [4.78, 5) is 10.1. The van der Waals surface area contributed by atoms with E-state index in [1.807, 2.05) is 39.3 Å². The molecule has 0 spiro atoms. The largest absolute Gasteiger partial charge is 0.492 e. The minimum absolute atomic E-state index is 0.0849. The molecular formula is C7H21ClO3Si3. The van der Waals surface area contributed by atoms with Gasteiger partial charge in [0.1, 0.15) is 0 Å². The Labute approximate surface area is 95.0 Å². The van der Waals surface area contributed by atoms with Gasteiger partial charge in [-0.05, 0) is 39.3 Å². The minimum Gasteiger partial charge on any atom is -0.416 e. The first-order valence-electron chi connectivity index (χ1n) is 4.66. The molecule has 0 fully saturated rings. The lowest BCUT2D eigenvalue weighted by Crippen LogP contribution is -2.56. The molecule has 0 aliphatic carbocycles. The minimum atomic E-state index is -3.11. The van der Waals surface area contributed by atoms with Gasteiger partial charge in [-0.25, -0.2) is 0 Å². The van der Waals surface area contributed by atoms with Crippen LogP contribution in [0.5, 0.6) is 0 Å². The lowest BCUT2D eigenvalue weighted by atomic mass is 11.8. The van der Waals surface area contributed by atoms with Crippen LogP contribution in [0.15, 0.2) is 0 Å². The Morgan fingerprint density at radius 2 is 1.21 bits per heavy atom. The first-order chi connectivity index (χ1) is 5.97. The summed E-state index contributed by atoms with van der Waals surface area (Å²) in [7, 11) is -6.68. The Bertz CT molecular complexity index is 172. The molecule has 0 unspecified atom stereocenters. The summed E-state index contributed by atoms with van der Waals surface area (Å²) >= 11 is 5.73. The highest BCUT2D eigenvalue weighted by Gasteiger charge is 2.43. The van der Waals surface area contributed by atoms with Crippen LogP contribution in [-0.2, 0) is 8.23 Å². The van der Waals surface area contributed by atoms with E-state index in [0.29, 0.717) is 0 Å². The van der Waals surface area contributed by atoms with E-state index in [-0.39, 0.29) is 5.50 Å². The quantitative estimate of drug-likeness (QED) is 0.617. The molecule has 0 saturated carbocycles. The van der Waals surface area contributed by atoms with E-state index < -0.39 is 25.4 Å². The second kappa shape index (κ2) is 4.77. The highest BCUT2D eigenvalue weighted by atomic mass is 35.5. The molecule has 3 nitrogen and oxygen atoms in total. The first kappa shape index (κ1) is 14.8. The second-order valence-corrected chi connectivity index (χ2v) is 17.9. The summed E-state index contributed by atoms with van der Waals surface area (Å²) in [5.41, 5.74) is 0.0849. The maximum absolute atomic E-state index is 10.1. The van der Waals surface area contributed by atoms with E-state index in [0.717, 1.165) is 0 Å². The van der Waals surface area contributed by atoms with E-state index >= 15 is 0 Å². The molecule has 0 bridgehead atoms. The molecule has 0 radical (unpaired) electrons. The number of halogens is 1. The molecule has 7 heteroatoms. The molecule has 86 valence electrons. The Hall–Kier alpha value is 0.821. The molecule has 14 heavy (non-hydrogen) atoms. The Morgan fingerprint density at radius 3 is 1.36 bits per heavy atom. The lowest BCUT2D eigenvalue weighted by molar-refractivity contribution is 0.253. The third kappa shape index (κ3) is 7.16. The zero-order chi connectivity index (χ0) is 11.6. The summed E-state index contributed by atoms with van der Waals surface area (Å²) < 4.78 is 11.3. The summed E-state index contributed by atoms with van der Waals surface area (Å²) in [6, 6.07) is 0. The standard InChI is InChI=1S/C7H21ClO3Si3/c1-12(2,3)10-14(9,7-8)11-13(4,5)6/h9H,7H2,1-6H3. The Morgan fingerprint density at radius 1 is 0.929 bits per heavy atom. The number of hydrogen-bond donors (Lipinski definition) is 1. The molecular weight excluding hydrogens is 252 g/mol. The molecule has 0 saturated heterocycles. The van der Waals surface area contributed by atoms with Gasteiger partial charge in [-0.2, -0.15) is 0 Å². The van der Waals surface area contributed by atoms with Crippen LogP contribution in [0.25, 0.3) is 0 Å². The predicted octanol–water partition coefficient (Wildman–Crippen LogP) is 2.40. The molecule has 0 rings (SSSR count). The van der Waals surface area contributed by atoms with Gasteiger partial charge >= 0.3 is 8.80 Å². The summed E-state index contributed by atoms with van der Waals surface area (Å²) in [6.45, 7) is 12.1. The number of rotatable bonds is 5. The topological polar surface area (TPSA) is 38.7 Å². The van der Waals surface area contributed by atoms with Crippen LogP contribution in [-0.4, -0.2) is 35.7 Å². The van der Waals surface area contributed by atoms with Gasteiger partial charge in [0, 0.05) is 0 Å². The molecule has 0 aliphatic heterocycles. The van der Waals surface area contributed by atoms with Gasteiger partial charge in [0.05, 0.1) is 5.50 Å². The van der Waals surface area contributed by atoms with Crippen LogP contribution in [0.4, 0.5) is 0 Å². The molecule has 0 atom stereocenters. The molecule has 0 amide bonds. The Balaban J connectivity index is 4.49. The fourth-order valence-corrected chi connectivity index (χ4v) is 10.6. The van der Waals surface area contributed by atoms with E-state index in [9.17, 15) is 4.80 Å². The van der Waals surface area contributed by atoms with E-state index in [4.69, 9.17) is 19.8 Å². The molecule has 0 aliphatic rings. The molecule has 0 heterocycles. The highest BCUT2D eigenvalue weighted by Crippen LogP contribution is 2.19. The van der Waals surface area contributed by atoms with Crippen molar-refractivity contribution in [3.8, 4) is 0 Å². The van der Waals surface area contributed by atoms with Crippen molar-refractivity contribution in [2.75, 3.05) is 5.50 Å². The predicted molar refractivity (Wildman–Crippen MR) is 67.6 cm³/mol. The van der Waals surface area contributed by atoms with E-state index in [1.54, 1.807) is 0 Å². The van der Waals surface area contributed by atoms with Gasteiger partial charge in [0.15, 0.2) is 16.6 Å². The zero-order valence-electron chi connectivity index (χ0n) is 9.85. The molecule has 0 aromatic carbocycles. The smallest absolute Gasteiger partial charge is 0.416 e. The maximum Gasteiger partial charge on any atom is 0.492 e. The first-order valence-corrected chi connectivity index (χ1v) is 14.0. The molecule has 1 N–H and O–H groups in total. The highest BCUT2D eigenvalue weighted by molar-refractivity contribution is 6.87. The maximum atomic E-state index is 10.1. The summed E-state index contributed by atoms with van der Waals surface area (Å²) in [6.07, 6.45) is 0. The summed E-state index contributed by atoms with van der Waals surface area (Å²) in [5.74, 6) is 0. The van der Waals surface area contributed by atoms with Gasteiger partial charge in [-0.15, -0.1) is 11.6 Å². The van der Waals surface area contributed by atoms with Crippen LogP contribution in [0.1, 0.15) is 0 Å². The van der Waals surface area contributed by atoms with Gasteiger partial charge in [0.25, 0.3) is 0 Å². The van der Waals surface area contributed by atoms with Crippen LogP contribution in [0, 0.1) is 0 Å². The average molecular weight is 273 g/mol. The van der Waals surface area contributed by atoms with Crippen LogP contribution < -0.4 is 0 Å². The third-order valence-corrected chi connectivity index (χ3v) is 9.90. The summed E-state index contributed by atoms with van der Waals surface area (Å²) in [5, 5.41) is 0. The lowest BCUT2D eigenvalue weighted by Gasteiger charge is -2.34. The van der Waals surface area contributed by atoms with Gasteiger partial charge in [-0.3, -0.25) is 0 Å². The Kier molecular flexibility index (Phi) is 5.05. The fraction of sp³-hybridized carbons (Fsp3) is 1.00. The second-order valence-electron chi connectivity index (χ2n) is 5.28. The monoisotopic (exact) mass is 272 g/mol. The van der Waals surface area contributed by atoms with Crippen LogP contribution in [0.3, 0.4) is 0 Å². The number of alkyl halides is 1. The zero-order valence-corrected chi connectivity index (χ0v) is 13.6. The van der Waals surface area contributed by atoms with Crippen LogP contribution in [0.2, 0.25) is 39.3 Å².